The van der Waals surface area contributed by atoms with E-state index in [0.29, 0.717) is 0 Å². The molecular weight excluding hydrogens is 200 g/mol. The van der Waals surface area contributed by atoms with Crippen LogP contribution in [0.3, 0.4) is 0 Å². The van der Waals surface area contributed by atoms with E-state index in [0.717, 1.165) is 22.7 Å². The van der Waals surface area contributed by atoms with Crippen LogP contribution in [0.4, 0.5) is 0 Å². The van der Waals surface area contributed by atoms with Crippen LogP contribution in [0.1, 0.15) is 17.0 Å². The molecule has 16 heavy (non-hydrogen) atoms. The Kier molecular flexibility index (Phi) is 2.86. The van der Waals surface area contributed by atoms with Crippen molar-refractivity contribution < 1.29 is 4.52 Å². The fourth-order valence-corrected chi connectivity index (χ4v) is 1.54. The van der Waals surface area contributed by atoms with E-state index >= 15 is 0 Å². The van der Waals surface area contributed by atoms with Gasteiger partial charge in [-0.25, -0.2) is 0 Å². The number of aryl methyl sites for hydroxylation is 1. The minimum absolute atomic E-state index is 0.972. The van der Waals surface area contributed by atoms with Gasteiger partial charge in [0.25, 0.3) is 0 Å². The molecule has 0 saturated heterocycles. The predicted molar refractivity (Wildman–Crippen MR) is 65.8 cm³/mol. The molecule has 0 unspecified atom stereocenters. The largest absolute Gasteiger partial charge is 0.386 e. The SMILES string of the molecule is CN/C(=C\n1oc(C)c1C)c1ccccc1. The van der Waals surface area contributed by atoms with E-state index in [1.54, 1.807) is 4.74 Å². The first kappa shape index (κ1) is 10.6. The van der Waals surface area contributed by atoms with Gasteiger partial charge >= 0.3 is 0 Å². The third-order valence-electron chi connectivity index (χ3n) is 2.68. The predicted octanol–water partition coefficient (Wildman–Crippen LogP) is 2.87. The maximum atomic E-state index is 5.40. The fourth-order valence-electron chi connectivity index (χ4n) is 1.54. The maximum absolute atomic E-state index is 5.40. The number of hydrogen-bond acceptors (Lipinski definition) is 2. The molecule has 0 aliphatic rings. The minimum Gasteiger partial charge on any atom is -0.386 e. The summed E-state index contributed by atoms with van der Waals surface area (Å²) >= 11 is 0. The van der Waals surface area contributed by atoms with Crippen LogP contribution < -0.4 is 5.32 Å². The van der Waals surface area contributed by atoms with Gasteiger partial charge in [0.05, 0.1) is 17.6 Å². The molecule has 0 radical (unpaired) electrons. The zero-order valence-corrected chi connectivity index (χ0v) is 9.82. The van der Waals surface area contributed by atoms with Crippen LogP contribution in [0.2, 0.25) is 0 Å². The molecule has 3 heteroatoms. The number of aromatic nitrogens is 1. The van der Waals surface area contributed by atoms with Gasteiger partial charge < -0.3 is 9.84 Å². The summed E-state index contributed by atoms with van der Waals surface area (Å²) in [6.07, 6.45) is 1.96. The third-order valence-corrected chi connectivity index (χ3v) is 2.68. The van der Waals surface area contributed by atoms with Gasteiger partial charge in [-0.3, -0.25) is 0 Å². The molecule has 1 aromatic heterocycles. The van der Waals surface area contributed by atoms with Crippen molar-refractivity contribution in [1.82, 2.24) is 10.1 Å². The van der Waals surface area contributed by atoms with Crippen molar-refractivity contribution in [3.63, 3.8) is 0 Å². The van der Waals surface area contributed by atoms with Crippen molar-refractivity contribution in [3.05, 3.63) is 47.3 Å². The zero-order valence-electron chi connectivity index (χ0n) is 9.82. The molecule has 0 spiro atoms. The van der Waals surface area contributed by atoms with Crippen LogP contribution in [0.25, 0.3) is 11.9 Å². The molecule has 1 heterocycles. The monoisotopic (exact) mass is 216 g/mol. The lowest BCUT2D eigenvalue weighted by molar-refractivity contribution is 0.261. The molecular formula is C13H16N2O. The first-order chi connectivity index (χ1) is 7.72. The van der Waals surface area contributed by atoms with Crippen LogP contribution >= 0.6 is 0 Å². The molecule has 0 fully saturated rings. The lowest BCUT2D eigenvalue weighted by atomic mass is 10.2. The minimum atomic E-state index is 0.972. The Balaban J connectivity index is 2.31. The summed E-state index contributed by atoms with van der Waals surface area (Å²) in [6, 6.07) is 10.2. The van der Waals surface area contributed by atoms with Gasteiger partial charge in [0.1, 0.15) is 0 Å². The molecule has 0 bridgehead atoms. The van der Waals surface area contributed by atoms with Crippen LogP contribution in [0.5, 0.6) is 0 Å². The Morgan fingerprint density at radius 1 is 1.25 bits per heavy atom. The normalized spacial score (nSPS) is 11.8. The van der Waals surface area contributed by atoms with Gasteiger partial charge in [0.2, 0.25) is 0 Å². The Bertz CT molecular complexity index is 491. The third kappa shape index (κ3) is 1.89. The van der Waals surface area contributed by atoms with Gasteiger partial charge in [-0.1, -0.05) is 30.3 Å². The number of hydrogen-bond donors (Lipinski definition) is 1. The van der Waals surface area contributed by atoms with Crippen molar-refractivity contribution >= 4 is 11.9 Å². The summed E-state index contributed by atoms with van der Waals surface area (Å²) in [5, 5.41) is 3.17. The van der Waals surface area contributed by atoms with Gasteiger partial charge in [-0.2, -0.15) is 4.74 Å². The van der Waals surface area contributed by atoms with Gasteiger partial charge in [0, 0.05) is 7.05 Å². The highest BCUT2D eigenvalue weighted by atomic mass is 16.5. The lowest BCUT2D eigenvalue weighted by Crippen LogP contribution is -2.10. The van der Waals surface area contributed by atoms with Gasteiger partial charge in [-0.05, 0) is 19.4 Å². The second kappa shape index (κ2) is 4.31. The highest BCUT2D eigenvalue weighted by Gasteiger charge is 2.07. The Labute approximate surface area is 95.3 Å². The van der Waals surface area contributed by atoms with Crippen molar-refractivity contribution in [1.29, 1.82) is 0 Å². The second-order valence-corrected chi connectivity index (χ2v) is 3.72. The average Bonchev–Trinajstić information content (AvgIpc) is 2.35. The van der Waals surface area contributed by atoms with Crippen LogP contribution in [-0.2, 0) is 0 Å². The smallest absolute Gasteiger partial charge is 0.152 e. The number of nitrogens with zero attached hydrogens (tertiary/aromatic N) is 1. The van der Waals surface area contributed by atoms with Crippen molar-refractivity contribution in [2.75, 3.05) is 7.05 Å². The summed E-state index contributed by atoms with van der Waals surface area (Å²) in [4.78, 5) is 0. The van der Waals surface area contributed by atoms with E-state index in [1.165, 1.54) is 0 Å². The zero-order chi connectivity index (χ0) is 11.5. The van der Waals surface area contributed by atoms with Crippen LogP contribution in [0, 0.1) is 13.8 Å². The fraction of sp³-hybridized carbons (Fsp3) is 0.231. The molecule has 1 aromatic carbocycles. The highest BCUT2D eigenvalue weighted by molar-refractivity contribution is 5.73. The molecule has 2 aromatic rings. The molecule has 84 valence electrons. The van der Waals surface area contributed by atoms with E-state index in [4.69, 9.17) is 4.52 Å². The van der Waals surface area contributed by atoms with Crippen LogP contribution in [-0.4, -0.2) is 11.8 Å². The summed E-state index contributed by atoms with van der Waals surface area (Å²) < 4.78 is 7.17. The molecule has 0 atom stereocenters. The van der Waals surface area contributed by atoms with Gasteiger partial charge in [-0.15, -0.1) is 0 Å². The summed E-state index contributed by atoms with van der Waals surface area (Å²) in [6.45, 7) is 3.99. The average molecular weight is 216 g/mol. The van der Waals surface area contributed by atoms with Crippen LogP contribution in [0.15, 0.2) is 34.9 Å². The quantitative estimate of drug-likeness (QED) is 0.855. The van der Waals surface area contributed by atoms with E-state index in [-0.39, 0.29) is 0 Å². The molecule has 0 aliphatic heterocycles. The summed E-state index contributed by atoms with van der Waals surface area (Å²) in [5.74, 6) is 0.972. The standard InChI is InChI=1S/C13H16N2O/c1-10-11(2)16-15(10)9-13(14-3)12-7-5-4-6-8-12/h4-9,14H,1-3H3/b13-9-. The van der Waals surface area contributed by atoms with Gasteiger partial charge in [0.15, 0.2) is 5.76 Å². The summed E-state index contributed by atoms with van der Waals surface area (Å²) in [5.41, 5.74) is 3.32. The molecule has 0 aliphatic carbocycles. The molecule has 2 rings (SSSR count). The molecule has 0 saturated carbocycles. The molecule has 1 N–H and O–H groups in total. The lowest BCUT2D eigenvalue weighted by Gasteiger charge is -2.14. The number of benzene rings is 1. The maximum Gasteiger partial charge on any atom is 0.152 e. The van der Waals surface area contributed by atoms with E-state index < -0.39 is 0 Å². The Morgan fingerprint density at radius 3 is 2.44 bits per heavy atom. The first-order valence-corrected chi connectivity index (χ1v) is 5.32. The van der Waals surface area contributed by atoms with E-state index in [1.807, 2.05) is 45.3 Å². The topological polar surface area (TPSA) is 30.1 Å². The second-order valence-electron chi connectivity index (χ2n) is 3.72. The Morgan fingerprint density at radius 2 is 1.94 bits per heavy atom. The van der Waals surface area contributed by atoms with Crippen molar-refractivity contribution in [3.8, 4) is 0 Å². The summed E-state index contributed by atoms with van der Waals surface area (Å²) in [7, 11) is 1.91. The molecule has 3 nitrogen and oxygen atoms in total. The van der Waals surface area contributed by atoms with E-state index in [2.05, 4.69) is 17.4 Å². The number of rotatable bonds is 3. The van der Waals surface area contributed by atoms with Crippen molar-refractivity contribution in [2.24, 2.45) is 0 Å². The Hall–Kier alpha value is -1.90. The first-order valence-electron chi connectivity index (χ1n) is 5.32. The highest BCUT2D eigenvalue weighted by Crippen LogP contribution is 2.17. The van der Waals surface area contributed by atoms with Crippen molar-refractivity contribution in [2.45, 2.75) is 13.8 Å². The number of nitrogens with one attached hydrogen (secondary N) is 1. The molecule has 0 amide bonds. The van der Waals surface area contributed by atoms with E-state index in [9.17, 15) is 0 Å².